The van der Waals surface area contributed by atoms with Crippen LogP contribution in [0, 0.1) is 5.41 Å². The van der Waals surface area contributed by atoms with Gasteiger partial charge in [0.15, 0.2) is 0 Å². The van der Waals surface area contributed by atoms with Crippen LogP contribution >= 0.6 is 11.6 Å². The molecule has 0 unspecified atom stereocenters. The topological polar surface area (TPSA) is 97.1 Å². The van der Waals surface area contributed by atoms with Gasteiger partial charge in [0, 0.05) is 12.5 Å². The fourth-order valence-electron chi connectivity index (χ4n) is 3.03. The summed E-state index contributed by atoms with van der Waals surface area (Å²) in [4.78, 5) is 28.6. The molecule has 1 aliphatic rings. The molecule has 0 aliphatic heterocycles. The van der Waals surface area contributed by atoms with Gasteiger partial charge in [-0.15, -0.1) is 5.10 Å². The van der Waals surface area contributed by atoms with Crippen molar-refractivity contribution < 1.29 is 14.7 Å². The standard InChI is InChI=1S/C19H23ClN4O3/c1-3-19(4-2,18(26)27)11-21-17(25)15-22-16(12-9-10-12)24(23-15)14-8-6-5-7-13(14)20/h5-8,12H,3-4,9-11H2,1-2H3,(H,21,25)(H,26,27). The van der Waals surface area contributed by atoms with Crippen LogP contribution in [0.25, 0.3) is 5.69 Å². The van der Waals surface area contributed by atoms with Crippen molar-refractivity contribution in [3.05, 3.63) is 40.9 Å². The molecule has 1 fully saturated rings. The predicted octanol–water partition coefficient (Wildman–Crippen LogP) is 3.42. The Morgan fingerprint density at radius 1 is 1.30 bits per heavy atom. The molecular weight excluding hydrogens is 368 g/mol. The number of hydrogen-bond donors (Lipinski definition) is 2. The van der Waals surface area contributed by atoms with E-state index in [0.29, 0.717) is 29.4 Å². The van der Waals surface area contributed by atoms with Gasteiger partial charge in [-0.25, -0.2) is 9.67 Å². The van der Waals surface area contributed by atoms with Crippen molar-refractivity contribution in [3.63, 3.8) is 0 Å². The molecule has 1 aliphatic carbocycles. The van der Waals surface area contributed by atoms with Crippen molar-refractivity contribution in [3.8, 4) is 5.69 Å². The Kier molecular flexibility index (Phi) is 5.51. The number of carbonyl (C=O) groups excluding carboxylic acids is 1. The highest BCUT2D eigenvalue weighted by molar-refractivity contribution is 6.32. The third-order valence-corrected chi connectivity index (χ3v) is 5.57. The first-order valence-electron chi connectivity index (χ1n) is 9.15. The molecule has 144 valence electrons. The van der Waals surface area contributed by atoms with Crippen LogP contribution in [0.5, 0.6) is 0 Å². The number of nitrogens with one attached hydrogen (secondary N) is 1. The first-order chi connectivity index (χ1) is 12.9. The molecule has 0 saturated heterocycles. The number of carbonyl (C=O) groups is 2. The molecule has 3 rings (SSSR count). The van der Waals surface area contributed by atoms with Gasteiger partial charge in [0.25, 0.3) is 5.91 Å². The molecule has 1 saturated carbocycles. The van der Waals surface area contributed by atoms with E-state index in [0.717, 1.165) is 12.8 Å². The van der Waals surface area contributed by atoms with Gasteiger partial charge in [0.1, 0.15) is 5.82 Å². The van der Waals surface area contributed by atoms with E-state index in [9.17, 15) is 14.7 Å². The highest BCUT2D eigenvalue weighted by Crippen LogP contribution is 2.40. The zero-order valence-corrected chi connectivity index (χ0v) is 16.2. The number of hydrogen-bond acceptors (Lipinski definition) is 4. The highest BCUT2D eigenvalue weighted by atomic mass is 35.5. The number of amides is 1. The highest BCUT2D eigenvalue weighted by Gasteiger charge is 2.36. The number of carboxylic acids is 1. The Bertz CT molecular complexity index is 856. The van der Waals surface area contributed by atoms with E-state index in [1.165, 1.54) is 0 Å². The molecule has 27 heavy (non-hydrogen) atoms. The van der Waals surface area contributed by atoms with Crippen molar-refractivity contribution in [2.24, 2.45) is 5.41 Å². The second-order valence-corrected chi connectivity index (χ2v) is 7.31. The third-order valence-electron chi connectivity index (χ3n) is 5.25. The van der Waals surface area contributed by atoms with Crippen molar-refractivity contribution in [1.29, 1.82) is 0 Å². The van der Waals surface area contributed by atoms with E-state index in [4.69, 9.17) is 11.6 Å². The molecule has 2 N–H and O–H groups in total. The molecule has 0 radical (unpaired) electrons. The van der Waals surface area contributed by atoms with E-state index in [2.05, 4.69) is 15.4 Å². The van der Waals surface area contributed by atoms with Crippen LogP contribution in [0.1, 0.15) is 61.9 Å². The van der Waals surface area contributed by atoms with Crippen LogP contribution in [-0.2, 0) is 4.79 Å². The average molecular weight is 391 g/mol. The maximum Gasteiger partial charge on any atom is 0.311 e. The van der Waals surface area contributed by atoms with Crippen LogP contribution in [0.2, 0.25) is 5.02 Å². The smallest absolute Gasteiger partial charge is 0.311 e. The number of benzene rings is 1. The van der Waals surface area contributed by atoms with Gasteiger partial charge >= 0.3 is 5.97 Å². The lowest BCUT2D eigenvalue weighted by Gasteiger charge is -2.26. The van der Waals surface area contributed by atoms with Gasteiger partial charge < -0.3 is 10.4 Å². The Labute approximate surface area is 162 Å². The van der Waals surface area contributed by atoms with Crippen LogP contribution in [-0.4, -0.2) is 38.3 Å². The maximum atomic E-state index is 12.6. The lowest BCUT2D eigenvalue weighted by molar-refractivity contribution is -0.149. The van der Waals surface area contributed by atoms with Gasteiger partial charge in [-0.1, -0.05) is 37.6 Å². The second-order valence-electron chi connectivity index (χ2n) is 6.91. The average Bonchev–Trinajstić information content (AvgIpc) is 3.41. The van der Waals surface area contributed by atoms with E-state index in [1.807, 2.05) is 18.2 Å². The molecule has 1 heterocycles. The number of nitrogens with zero attached hydrogens (tertiary/aromatic N) is 3. The summed E-state index contributed by atoms with van der Waals surface area (Å²) >= 11 is 6.28. The van der Waals surface area contributed by atoms with Crippen LogP contribution in [0.4, 0.5) is 0 Å². The summed E-state index contributed by atoms with van der Waals surface area (Å²) in [7, 11) is 0. The SMILES string of the molecule is CCC(CC)(CNC(=O)c1nc(C2CC2)n(-c2ccccc2Cl)n1)C(=O)O. The third kappa shape index (κ3) is 3.83. The summed E-state index contributed by atoms with van der Waals surface area (Å²) in [6.07, 6.45) is 2.85. The number of halogens is 1. The fourth-order valence-corrected chi connectivity index (χ4v) is 3.25. The predicted molar refractivity (Wildman–Crippen MR) is 101 cm³/mol. The van der Waals surface area contributed by atoms with E-state index in [1.54, 1.807) is 24.6 Å². The zero-order chi connectivity index (χ0) is 19.6. The van der Waals surface area contributed by atoms with Crippen molar-refractivity contribution in [1.82, 2.24) is 20.1 Å². The molecule has 0 atom stereocenters. The number of rotatable bonds is 8. The summed E-state index contributed by atoms with van der Waals surface area (Å²) < 4.78 is 1.62. The van der Waals surface area contributed by atoms with Gasteiger partial charge in [0.05, 0.1) is 16.1 Å². The molecule has 0 bridgehead atoms. The van der Waals surface area contributed by atoms with Crippen molar-refractivity contribution >= 4 is 23.5 Å². The minimum Gasteiger partial charge on any atom is -0.481 e. The summed E-state index contributed by atoms with van der Waals surface area (Å²) in [5.41, 5.74) is -0.310. The van der Waals surface area contributed by atoms with E-state index >= 15 is 0 Å². The lowest BCUT2D eigenvalue weighted by Crippen LogP contribution is -2.42. The molecule has 1 aromatic carbocycles. The molecule has 1 amide bonds. The van der Waals surface area contributed by atoms with Gasteiger partial charge in [0.2, 0.25) is 5.82 Å². The number of carboxylic acid groups (broad SMARTS) is 1. The molecule has 7 nitrogen and oxygen atoms in total. The van der Waals surface area contributed by atoms with Gasteiger partial charge in [-0.3, -0.25) is 9.59 Å². The zero-order valence-electron chi connectivity index (χ0n) is 15.4. The second kappa shape index (κ2) is 7.68. The minimum atomic E-state index is -0.986. The summed E-state index contributed by atoms with van der Waals surface area (Å²) in [5.74, 6) is -0.386. The number of aliphatic carboxylic acids is 1. The fraction of sp³-hybridized carbons (Fsp3) is 0.474. The lowest BCUT2D eigenvalue weighted by atomic mass is 9.82. The number of para-hydroxylation sites is 1. The maximum absolute atomic E-state index is 12.6. The number of aromatic nitrogens is 3. The summed E-state index contributed by atoms with van der Waals surface area (Å²) in [6, 6.07) is 7.27. The largest absolute Gasteiger partial charge is 0.481 e. The van der Waals surface area contributed by atoms with E-state index in [-0.39, 0.29) is 18.3 Å². The molecule has 2 aromatic rings. The minimum absolute atomic E-state index is 0.0308. The van der Waals surface area contributed by atoms with Crippen LogP contribution in [0.3, 0.4) is 0 Å². The van der Waals surface area contributed by atoms with Gasteiger partial charge in [-0.2, -0.15) is 0 Å². The molecule has 0 spiro atoms. The van der Waals surface area contributed by atoms with Gasteiger partial charge in [-0.05, 0) is 37.8 Å². The van der Waals surface area contributed by atoms with Crippen LogP contribution in [0.15, 0.2) is 24.3 Å². The summed E-state index contributed by atoms with van der Waals surface area (Å²) in [6.45, 7) is 3.65. The van der Waals surface area contributed by atoms with Crippen molar-refractivity contribution in [2.75, 3.05) is 6.54 Å². The Morgan fingerprint density at radius 2 is 1.96 bits per heavy atom. The molecule has 1 aromatic heterocycles. The normalized spacial score (nSPS) is 14.2. The first-order valence-corrected chi connectivity index (χ1v) is 9.53. The van der Waals surface area contributed by atoms with Crippen LogP contribution < -0.4 is 5.32 Å². The summed E-state index contributed by atoms with van der Waals surface area (Å²) in [5, 5.41) is 17.1. The Balaban J connectivity index is 1.85. The first kappa shape index (κ1) is 19.4. The van der Waals surface area contributed by atoms with E-state index < -0.39 is 17.3 Å². The molecule has 8 heteroatoms. The quantitative estimate of drug-likeness (QED) is 0.719. The van der Waals surface area contributed by atoms with Crippen molar-refractivity contribution in [2.45, 2.75) is 45.4 Å². The Hall–Kier alpha value is -2.41. The molecular formula is C19H23ClN4O3. The monoisotopic (exact) mass is 390 g/mol. The Morgan fingerprint density at radius 3 is 2.52 bits per heavy atom.